The van der Waals surface area contributed by atoms with Crippen molar-refractivity contribution in [2.75, 3.05) is 26.9 Å². The normalized spacial score (nSPS) is 15.8. The van der Waals surface area contributed by atoms with Crippen molar-refractivity contribution in [3.63, 3.8) is 0 Å². The van der Waals surface area contributed by atoms with E-state index in [1.165, 1.54) is 29.7 Å². The molecular formula is C25H32N2O8S. The Labute approximate surface area is 210 Å². The van der Waals surface area contributed by atoms with Crippen LogP contribution >= 0.6 is 0 Å². The molecule has 10 nitrogen and oxygen atoms in total. The number of oxime groups is 1. The first-order valence-corrected chi connectivity index (χ1v) is 13.1. The van der Waals surface area contributed by atoms with Gasteiger partial charge < -0.3 is 19.4 Å². The molecule has 2 aromatic carbocycles. The molecular weight excluding hydrogens is 488 g/mol. The Morgan fingerprint density at radius 2 is 1.83 bits per heavy atom. The van der Waals surface area contributed by atoms with Crippen molar-refractivity contribution in [1.29, 1.82) is 0 Å². The van der Waals surface area contributed by atoms with Gasteiger partial charge in [-0.25, -0.2) is 13.9 Å². The lowest BCUT2D eigenvalue weighted by Crippen LogP contribution is -2.54. The van der Waals surface area contributed by atoms with Crippen LogP contribution in [0, 0.1) is 6.92 Å². The van der Waals surface area contributed by atoms with Crippen LogP contribution in [-0.4, -0.2) is 62.1 Å². The Morgan fingerprint density at radius 3 is 2.44 bits per heavy atom. The number of methoxy groups -OCH3 is 1. The first-order valence-electron chi connectivity index (χ1n) is 11.6. The van der Waals surface area contributed by atoms with E-state index in [9.17, 15) is 18.4 Å². The zero-order valence-electron chi connectivity index (χ0n) is 20.4. The fourth-order valence-corrected chi connectivity index (χ4v) is 6.16. The largest absolute Gasteiger partial charge is 0.496 e. The lowest BCUT2D eigenvalue weighted by molar-refractivity contribution is -0.134. The van der Waals surface area contributed by atoms with Crippen molar-refractivity contribution in [1.82, 2.24) is 5.48 Å². The van der Waals surface area contributed by atoms with Crippen LogP contribution < -0.4 is 15.0 Å². The fourth-order valence-electron chi connectivity index (χ4n) is 4.22. The molecule has 0 saturated carbocycles. The summed E-state index contributed by atoms with van der Waals surface area (Å²) in [6, 6.07) is 11.5. The number of carbonyl (C=O) groups excluding carboxylic acids is 1. The Bertz CT molecular complexity index is 1170. The third kappa shape index (κ3) is 5.80. The van der Waals surface area contributed by atoms with Gasteiger partial charge in [-0.15, -0.1) is 0 Å². The summed E-state index contributed by atoms with van der Waals surface area (Å²) >= 11 is 0. The molecule has 1 heterocycles. The minimum absolute atomic E-state index is 0.0313. The summed E-state index contributed by atoms with van der Waals surface area (Å²) in [7, 11) is -2.51. The van der Waals surface area contributed by atoms with E-state index in [1.807, 2.05) is 25.1 Å². The number of nitrogens with one attached hydrogen (secondary N) is 1. The van der Waals surface area contributed by atoms with Crippen molar-refractivity contribution in [2.45, 2.75) is 48.7 Å². The van der Waals surface area contributed by atoms with Gasteiger partial charge in [0.25, 0.3) is 5.91 Å². The smallest absolute Gasteiger partial charge is 0.265 e. The van der Waals surface area contributed by atoms with Gasteiger partial charge >= 0.3 is 0 Å². The zero-order valence-corrected chi connectivity index (χ0v) is 21.2. The van der Waals surface area contributed by atoms with E-state index in [1.54, 1.807) is 7.11 Å². The number of sulfone groups is 1. The number of carbonyl (C=O) groups is 1. The standard InChI is InChI=1S/C25H32N2O8S/c1-18-6-11-21(23(17-18)33-2)22(26-29)5-3-4-14-35-19-7-9-20(10-8-19)36(31,32)25(24(28)27-30)12-15-34-16-13-25/h6-11,17,29-30H,3-5,12-16H2,1-2H3,(H,27,28)/b26-22-. The topological polar surface area (TPSA) is 144 Å². The highest BCUT2D eigenvalue weighted by atomic mass is 32.2. The van der Waals surface area contributed by atoms with E-state index in [-0.39, 0.29) is 31.0 Å². The van der Waals surface area contributed by atoms with E-state index in [0.717, 1.165) is 11.1 Å². The molecule has 0 spiro atoms. The second-order valence-corrected chi connectivity index (χ2v) is 10.8. The average Bonchev–Trinajstić information content (AvgIpc) is 2.91. The zero-order chi connectivity index (χ0) is 26.2. The minimum Gasteiger partial charge on any atom is -0.496 e. The third-order valence-corrected chi connectivity index (χ3v) is 8.84. The fraction of sp³-hybridized carbons (Fsp3) is 0.440. The lowest BCUT2D eigenvalue weighted by Gasteiger charge is -2.34. The maximum Gasteiger partial charge on any atom is 0.265 e. The summed E-state index contributed by atoms with van der Waals surface area (Å²) in [4.78, 5) is 12.3. The van der Waals surface area contributed by atoms with Crippen LogP contribution in [0.15, 0.2) is 52.5 Å². The Balaban J connectivity index is 1.57. The quantitative estimate of drug-likeness (QED) is 0.135. The maximum absolute atomic E-state index is 13.3. The second-order valence-electron chi connectivity index (χ2n) is 8.58. The number of benzene rings is 2. The first-order chi connectivity index (χ1) is 17.3. The predicted octanol–water partition coefficient (Wildman–Crippen LogP) is 3.26. The molecule has 1 fully saturated rings. The van der Waals surface area contributed by atoms with E-state index >= 15 is 0 Å². The highest BCUT2D eigenvalue weighted by Gasteiger charge is 2.52. The number of hydrogen-bond donors (Lipinski definition) is 3. The summed E-state index contributed by atoms with van der Waals surface area (Å²) < 4.78 is 41.1. The average molecular weight is 521 g/mol. The first kappa shape index (κ1) is 27.4. The van der Waals surface area contributed by atoms with Gasteiger partial charge in [0.1, 0.15) is 11.5 Å². The molecule has 2 aromatic rings. The van der Waals surface area contributed by atoms with Gasteiger partial charge in [-0.05, 0) is 81.0 Å². The molecule has 0 unspecified atom stereocenters. The summed E-state index contributed by atoms with van der Waals surface area (Å²) in [6.45, 7) is 2.54. The van der Waals surface area contributed by atoms with Crippen molar-refractivity contribution in [3.8, 4) is 11.5 Å². The van der Waals surface area contributed by atoms with Crippen LogP contribution in [0.4, 0.5) is 0 Å². The molecule has 0 radical (unpaired) electrons. The van der Waals surface area contributed by atoms with Crippen LogP contribution in [0.3, 0.4) is 0 Å². The van der Waals surface area contributed by atoms with Crippen LogP contribution in [0.5, 0.6) is 11.5 Å². The molecule has 196 valence electrons. The van der Waals surface area contributed by atoms with Crippen molar-refractivity contribution in [2.24, 2.45) is 5.16 Å². The Morgan fingerprint density at radius 1 is 1.14 bits per heavy atom. The number of aryl methyl sites for hydroxylation is 1. The Hall–Kier alpha value is -3.15. The third-order valence-electron chi connectivity index (χ3n) is 6.33. The van der Waals surface area contributed by atoms with Crippen molar-refractivity contribution in [3.05, 3.63) is 53.6 Å². The molecule has 1 saturated heterocycles. The molecule has 0 aliphatic carbocycles. The van der Waals surface area contributed by atoms with Crippen molar-refractivity contribution >= 4 is 21.5 Å². The summed E-state index contributed by atoms with van der Waals surface area (Å²) in [5.74, 6) is 0.172. The minimum atomic E-state index is -4.08. The molecule has 3 N–H and O–H groups in total. The van der Waals surface area contributed by atoms with Gasteiger partial charge in [0.05, 0.1) is 24.3 Å². The van der Waals surface area contributed by atoms with Gasteiger partial charge in [-0.1, -0.05) is 11.2 Å². The monoisotopic (exact) mass is 520 g/mol. The van der Waals surface area contributed by atoms with Gasteiger partial charge in [-0.2, -0.15) is 0 Å². The van der Waals surface area contributed by atoms with Crippen molar-refractivity contribution < 1.29 is 37.8 Å². The molecule has 3 rings (SSSR count). The van der Waals surface area contributed by atoms with E-state index in [4.69, 9.17) is 19.4 Å². The molecule has 11 heteroatoms. The highest BCUT2D eigenvalue weighted by Crippen LogP contribution is 2.35. The lowest BCUT2D eigenvalue weighted by atomic mass is 9.98. The Kier molecular flexibility index (Phi) is 9.30. The van der Waals surface area contributed by atoms with Crippen LogP contribution in [0.1, 0.15) is 43.2 Å². The number of hydrogen-bond acceptors (Lipinski definition) is 9. The molecule has 1 amide bonds. The van der Waals surface area contributed by atoms with E-state index in [2.05, 4.69) is 5.16 Å². The van der Waals surface area contributed by atoms with Crippen LogP contribution in [0.2, 0.25) is 0 Å². The van der Waals surface area contributed by atoms with E-state index < -0.39 is 20.5 Å². The summed E-state index contributed by atoms with van der Waals surface area (Å²) in [5.41, 5.74) is 3.81. The number of rotatable bonds is 11. The SMILES string of the molecule is COc1cc(C)ccc1/C(CCCCOc1ccc(S(=O)(=O)C2(C(=O)NO)CCOCC2)cc1)=N\O. The predicted molar refractivity (Wildman–Crippen MR) is 132 cm³/mol. The number of nitrogens with zero attached hydrogens (tertiary/aromatic N) is 1. The van der Waals surface area contributed by atoms with E-state index in [0.29, 0.717) is 43.1 Å². The van der Waals surface area contributed by atoms with Gasteiger partial charge in [0, 0.05) is 18.8 Å². The number of amides is 1. The molecule has 1 aliphatic rings. The maximum atomic E-state index is 13.3. The van der Waals surface area contributed by atoms with Crippen LogP contribution in [-0.2, 0) is 19.4 Å². The number of hydroxylamine groups is 1. The van der Waals surface area contributed by atoms with Gasteiger partial charge in [0.15, 0.2) is 14.6 Å². The molecule has 36 heavy (non-hydrogen) atoms. The molecule has 0 bridgehead atoms. The highest BCUT2D eigenvalue weighted by molar-refractivity contribution is 7.93. The molecule has 0 aromatic heterocycles. The summed E-state index contributed by atoms with van der Waals surface area (Å²) in [5, 5.41) is 22.0. The summed E-state index contributed by atoms with van der Waals surface area (Å²) in [6.07, 6.45) is 1.80. The van der Waals surface area contributed by atoms with Gasteiger partial charge in [0.2, 0.25) is 0 Å². The molecule has 1 aliphatic heterocycles. The second kappa shape index (κ2) is 12.2. The molecule has 0 atom stereocenters. The van der Waals surface area contributed by atoms with Crippen LogP contribution in [0.25, 0.3) is 0 Å². The number of unbranched alkanes of at least 4 members (excludes halogenated alkanes) is 1. The number of ether oxygens (including phenoxy) is 3. The van der Waals surface area contributed by atoms with Gasteiger partial charge in [-0.3, -0.25) is 10.0 Å².